The Morgan fingerprint density at radius 2 is 1.62 bits per heavy atom. The minimum absolute atomic E-state index is 0.0229. The molecular formula is C21H24N2O2S. The van der Waals surface area contributed by atoms with Crippen molar-refractivity contribution in [3.63, 3.8) is 0 Å². The molecule has 2 atom stereocenters. The molecule has 1 N–H and O–H groups in total. The summed E-state index contributed by atoms with van der Waals surface area (Å²) in [6, 6.07) is 16.0. The van der Waals surface area contributed by atoms with E-state index in [2.05, 4.69) is 29.6 Å². The van der Waals surface area contributed by atoms with Crippen LogP contribution in [0, 0.1) is 13.8 Å². The first-order chi connectivity index (χ1) is 12.4. The predicted molar refractivity (Wildman–Crippen MR) is 107 cm³/mol. The summed E-state index contributed by atoms with van der Waals surface area (Å²) >= 11 is 1.64. The Morgan fingerprint density at radius 1 is 1.04 bits per heavy atom. The maximum absolute atomic E-state index is 12.5. The van der Waals surface area contributed by atoms with E-state index in [9.17, 15) is 9.59 Å². The number of nitrogens with one attached hydrogen (secondary N) is 1. The molecule has 26 heavy (non-hydrogen) atoms. The highest BCUT2D eigenvalue weighted by molar-refractivity contribution is 8.01. The number of rotatable bonds is 5. The molecule has 0 aromatic heterocycles. The lowest BCUT2D eigenvalue weighted by molar-refractivity contribution is -0.130. The molecule has 136 valence electrons. The second kappa shape index (κ2) is 7.96. The van der Waals surface area contributed by atoms with Crippen molar-refractivity contribution in [2.45, 2.75) is 37.8 Å². The fourth-order valence-electron chi connectivity index (χ4n) is 2.97. The number of aryl methyl sites for hydroxylation is 2. The lowest BCUT2D eigenvalue weighted by Gasteiger charge is -2.24. The molecule has 5 heteroatoms. The minimum Gasteiger partial charge on any atom is -0.326 e. The van der Waals surface area contributed by atoms with Gasteiger partial charge in [-0.3, -0.25) is 9.59 Å². The number of hydrogen-bond acceptors (Lipinski definition) is 3. The van der Waals surface area contributed by atoms with Crippen LogP contribution < -0.4 is 5.32 Å². The molecule has 0 radical (unpaired) electrons. The summed E-state index contributed by atoms with van der Waals surface area (Å²) in [6.45, 7) is 6.41. The third-order valence-electron chi connectivity index (χ3n) is 4.52. The molecule has 1 aliphatic rings. The summed E-state index contributed by atoms with van der Waals surface area (Å²) in [6.07, 6.45) is 0.287. The number of nitrogens with zero attached hydrogens (tertiary/aromatic N) is 1. The highest BCUT2D eigenvalue weighted by atomic mass is 32.2. The number of carbonyl (C=O) groups excluding carboxylic acids is 2. The molecule has 2 aromatic carbocycles. The van der Waals surface area contributed by atoms with Crippen molar-refractivity contribution in [3.05, 3.63) is 65.2 Å². The van der Waals surface area contributed by atoms with Gasteiger partial charge in [0.2, 0.25) is 11.8 Å². The van der Waals surface area contributed by atoms with Gasteiger partial charge in [-0.15, -0.1) is 11.8 Å². The maximum Gasteiger partial charge on any atom is 0.236 e. The van der Waals surface area contributed by atoms with Crippen molar-refractivity contribution in [2.24, 2.45) is 0 Å². The molecule has 1 fully saturated rings. The standard InChI is InChI=1S/C21H24N2O2S/c1-14-4-8-17(9-5-14)21-23(20(25)16(3)26-21)13-12-19(24)22-18-10-6-15(2)7-11-18/h4-11,16,21H,12-13H2,1-3H3,(H,22,24)/t16-,21+/m1/s1. The predicted octanol–water partition coefficient (Wildman–Crippen LogP) is 4.29. The highest BCUT2D eigenvalue weighted by Crippen LogP contribution is 2.42. The minimum atomic E-state index is -0.0820. The van der Waals surface area contributed by atoms with E-state index in [0.29, 0.717) is 6.54 Å². The average molecular weight is 369 g/mol. The van der Waals surface area contributed by atoms with Crippen LogP contribution in [0.3, 0.4) is 0 Å². The summed E-state index contributed by atoms with van der Waals surface area (Å²) in [4.78, 5) is 26.6. The van der Waals surface area contributed by atoms with Gasteiger partial charge in [0, 0.05) is 18.7 Å². The number of amides is 2. The Kier molecular flexibility index (Phi) is 5.67. The van der Waals surface area contributed by atoms with Crippen LogP contribution in [0.4, 0.5) is 5.69 Å². The zero-order valence-corrected chi connectivity index (χ0v) is 16.2. The Morgan fingerprint density at radius 3 is 2.23 bits per heavy atom. The molecule has 2 aromatic rings. The molecule has 0 unspecified atom stereocenters. The van der Waals surface area contributed by atoms with Crippen LogP contribution in [-0.2, 0) is 9.59 Å². The molecule has 1 aliphatic heterocycles. The largest absolute Gasteiger partial charge is 0.326 e. The summed E-state index contributed by atoms with van der Waals surface area (Å²) in [5, 5.41) is 2.79. The number of hydrogen-bond donors (Lipinski definition) is 1. The maximum atomic E-state index is 12.5. The Balaban J connectivity index is 1.64. The van der Waals surface area contributed by atoms with Crippen LogP contribution in [0.1, 0.15) is 35.4 Å². The SMILES string of the molecule is Cc1ccc(NC(=O)CCN2C(=O)[C@@H](C)S[C@H]2c2ccc(C)cc2)cc1. The first-order valence-corrected chi connectivity index (χ1v) is 9.77. The topological polar surface area (TPSA) is 49.4 Å². The zero-order chi connectivity index (χ0) is 18.7. The Hall–Kier alpha value is -2.27. The highest BCUT2D eigenvalue weighted by Gasteiger charge is 2.38. The van der Waals surface area contributed by atoms with Crippen molar-refractivity contribution in [1.29, 1.82) is 0 Å². The van der Waals surface area contributed by atoms with Gasteiger partial charge in [0.25, 0.3) is 0 Å². The third kappa shape index (κ3) is 4.28. The van der Waals surface area contributed by atoms with E-state index in [1.165, 1.54) is 5.56 Å². The average Bonchev–Trinajstić information content (AvgIpc) is 2.90. The number of benzene rings is 2. The first kappa shape index (κ1) is 18.5. The molecule has 4 nitrogen and oxygen atoms in total. The number of anilines is 1. The van der Waals surface area contributed by atoms with E-state index in [4.69, 9.17) is 0 Å². The van der Waals surface area contributed by atoms with Crippen LogP contribution in [0.2, 0.25) is 0 Å². The van der Waals surface area contributed by atoms with Gasteiger partial charge < -0.3 is 10.2 Å². The van der Waals surface area contributed by atoms with Gasteiger partial charge in [-0.2, -0.15) is 0 Å². The fourth-order valence-corrected chi connectivity index (χ4v) is 4.28. The van der Waals surface area contributed by atoms with Crippen molar-refractivity contribution < 1.29 is 9.59 Å². The molecule has 0 aliphatic carbocycles. The molecule has 1 saturated heterocycles. The molecule has 0 bridgehead atoms. The van der Waals surface area contributed by atoms with Crippen molar-refractivity contribution in [2.75, 3.05) is 11.9 Å². The fraction of sp³-hybridized carbons (Fsp3) is 0.333. The van der Waals surface area contributed by atoms with E-state index in [0.717, 1.165) is 16.8 Å². The summed E-state index contributed by atoms with van der Waals surface area (Å²) in [7, 11) is 0. The van der Waals surface area contributed by atoms with Gasteiger partial charge in [0.05, 0.1) is 5.25 Å². The number of carbonyl (C=O) groups is 2. The lowest BCUT2D eigenvalue weighted by atomic mass is 10.1. The van der Waals surface area contributed by atoms with Gasteiger partial charge in [-0.1, -0.05) is 47.5 Å². The van der Waals surface area contributed by atoms with Gasteiger partial charge in [-0.05, 0) is 38.5 Å². The van der Waals surface area contributed by atoms with Crippen molar-refractivity contribution >= 4 is 29.3 Å². The normalized spacial score (nSPS) is 19.7. The monoisotopic (exact) mass is 368 g/mol. The summed E-state index contributed by atoms with van der Waals surface area (Å²) in [5.74, 6) is 0.0255. The first-order valence-electron chi connectivity index (χ1n) is 8.83. The van der Waals surface area contributed by atoms with E-state index >= 15 is 0 Å². The molecule has 0 saturated carbocycles. The quantitative estimate of drug-likeness (QED) is 0.856. The van der Waals surface area contributed by atoms with E-state index < -0.39 is 0 Å². The van der Waals surface area contributed by atoms with Gasteiger partial charge in [0.1, 0.15) is 5.37 Å². The van der Waals surface area contributed by atoms with E-state index in [1.54, 1.807) is 11.8 Å². The Labute approximate surface area is 159 Å². The van der Waals surface area contributed by atoms with Crippen LogP contribution >= 0.6 is 11.8 Å². The van der Waals surface area contributed by atoms with Crippen molar-refractivity contribution in [1.82, 2.24) is 4.90 Å². The van der Waals surface area contributed by atoms with Gasteiger partial charge in [-0.25, -0.2) is 0 Å². The number of thioether (sulfide) groups is 1. The van der Waals surface area contributed by atoms with Crippen LogP contribution in [0.5, 0.6) is 0 Å². The summed E-state index contributed by atoms with van der Waals surface area (Å²) in [5.41, 5.74) is 4.24. The van der Waals surface area contributed by atoms with Crippen LogP contribution in [0.15, 0.2) is 48.5 Å². The smallest absolute Gasteiger partial charge is 0.236 e. The lowest BCUT2D eigenvalue weighted by Crippen LogP contribution is -2.33. The molecular weight excluding hydrogens is 344 g/mol. The van der Waals surface area contributed by atoms with Crippen LogP contribution in [-0.4, -0.2) is 28.5 Å². The molecule has 1 heterocycles. The second-order valence-electron chi connectivity index (χ2n) is 6.74. The Bertz CT molecular complexity index is 787. The molecule has 3 rings (SSSR count). The van der Waals surface area contributed by atoms with Crippen molar-refractivity contribution in [3.8, 4) is 0 Å². The van der Waals surface area contributed by atoms with Gasteiger partial charge in [0.15, 0.2) is 0 Å². The zero-order valence-electron chi connectivity index (χ0n) is 15.4. The second-order valence-corrected chi connectivity index (χ2v) is 8.16. The molecule has 0 spiro atoms. The van der Waals surface area contributed by atoms with Gasteiger partial charge >= 0.3 is 0 Å². The summed E-state index contributed by atoms with van der Waals surface area (Å²) < 4.78 is 0. The van der Waals surface area contributed by atoms with E-state index in [-0.39, 0.29) is 28.9 Å². The van der Waals surface area contributed by atoms with E-state index in [1.807, 2.05) is 49.9 Å². The molecule has 2 amide bonds. The third-order valence-corrected chi connectivity index (χ3v) is 5.92. The van der Waals surface area contributed by atoms with Crippen LogP contribution in [0.25, 0.3) is 0 Å².